The molecule has 0 saturated carbocycles. The zero-order valence-electron chi connectivity index (χ0n) is 19.6. The van der Waals surface area contributed by atoms with Crippen LogP contribution in [0.5, 0.6) is 0 Å². The maximum absolute atomic E-state index is 15.1. The van der Waals surface area contributed by atoms with Gasteiger partial charge in [-0.15, -0.1) is 11.8 Å². The number of aldehydes is 1. The van der Waals surface area contributed by atoms with Gasteiger partial charge in [0.05, 0.1) is 36.1 Å². The van der Waals surface area contributed by atoms with E-state index in [1.807, 2.05) is 6.92 Å². The summed E-state index contributed by atoms with van der Waals surface area (Å²) in [6.45, 7) is 1.23. The van der Waals surface area contributed by atoms with Crippen LogP contribution in [-0.2, 0) is 33.9 Å². The maximum atomic E-state index is 15.1. The van der Waals surface area contributed by atoms with Crippen LogP contribution in [0, 0.1) is 5.82 Å². The van der Waals surface area contributed by atoms with Gasteiger partial charge in [0.15, 0.2) is 6.29 Å². The predicted octanol–water partition coefficient (Wildman–Crippen LogP) is 1.76. The highest BCUT2D eigenvalue weighted by molar-refractivity contribution is 7.99. The number of carbonyl (C=O) groups is 2. The summed E-state index contributed by atoms with van der Waals surface area (Å²) >= 11 is 1.42. The monoisotopic (exact) mass is 513 g/mol. The highest BCUT2D eigenvalue weighted by Gasteiger charge is 2.36. The third-order valence-electron chi connectivity index (χ3n) is 6.73. The Hall–Kier alpha value is -3.12. The van der Waals surface area contributed by atoms with Gasteiger partial charge in [0.1, 0.15) is 18.5 Å². The topological polar surface area (TPSA) is 131 Å². The van der Waals surface area contributed by atoms with Crippen LogP contribution in [0.1, 0.15) is 46.9 Å². The van der Waals surface area contributed by atoms with E-state index in [0.29, 0.717) is 46.5 Å². The van der Waals surface area contributed by atoms with Crippen molar-refractivity contribution in [2.75, 3.05) is 19.5 Å². The Labute approximate surface area is 209 Å². The van der Waals surface area contributed by atoms with Crippen LogP contribution >= 0.6 is 11.8 Å². The van der Waals surface area contributed by atoms with Gasteiger partial charge in [-0.2, -0.15) is 0 Å². The first-order valence-corrected chi connectivity index (χ1v) is 12.4. The van der Waals surface area contributed by atoms with Gasteiger partial charge in [-0.25, -0.2) is 9.37 Å². The molecule has 36 heavy (non-hydrogen) atoms. The zero-order valence-corrected chi connectivity index (χ0v) is 20.4. The minimum absolute atomic E-state index is 0.0982. The molecule has 188 valence electrons. The molecule has 2 aromatic heterocycles. The molecule has 2 unspecified atom stereocenters. The van der Waals surface area contributed by atoms with Crippen molar-refractivity contribution in [1.82, 2.24) is 14.9 Å². The highest BCUT2D eigenvalue weighted by atomic mass is 32.2. The lowest BCUT2D eigenvalue weighted by Crippen LogP contribution is -2.34. The van der Waals surface area contributed by atoms with Crippen LogP contribution in [0.3, 0.4) is 0 Å². The molecule has 5 rings (SSSR count). The number of pyridine rings is 2. The summed E-state index contributed by atoms with van der Waals surface area (Å²) in [5, 5.41) is 23.2. The van der Waals surface area contributed by atoms with E-state index < -0.39 is 30.2 Å². The molecule has 0 bridgehead atoms. The summed E-state index contributed by atoms with van der Waals surface area (Å²) in [6.07, 6.45) is -0.716. The quantitative estimate of drug-likeness (QED) is 0.319. The van der Waals surface area contributed by atoms with Gasteiger partial charge in [0.25, 0.3) is 5.56 Å². The summed E-state index contributed by atoms with van der Waals surface area (Å²) in [7, 11) is 1.41. The van der Waals surface area contributed by atoms with E-state index in [-0.39, 0.29) is 30.1 Å². The minimum atomic E-state index is -1.53. The van der Waals surface area contributed by atoms with Crippen LogP contribution in [0.25, 0.3) is 22.3 Å². The first-order valence-electron chi connectivity index (χ1n) is 11.4. The number of amides is 1. The minimum Gasteiger partial charge on any atom is -0.387 e. The van der Waals surface area contributed by atoms with Crippen LogP contribution in [0.4, 0.5) is 4.39 Å². The van der Waals surface area contributed by atoms with Crippen LogP contribution in [0.15, 0.2) is 21.8 Å². The molecule has 0 aliphatic carbocycles. The number of nitrogens with zero attached hydrogens (tertiary/aromatic N) is 2. The number of aliphatic hydroxyl groups excluding tert-OH is 2. The Bertz CT molecular complexity index is 1490. The molecule has 2 atom stereocenters. The number of nitrogens with one attached hydrogen (secondary N) is 1. The molecule has 0 fully saturated rings. The molecule has 1 amide bonds. The number of rotatable bonds is 7. The van der Waals surface area contributed by atoms with E-state index in [4.69, 9.17) is 9.72 Å². The molecule has 0 radical (unpaired) electrons. The van der Waals surface area contributed by atoms with E-state index in [1.54, 1.807) is 6.07 Å². The number of fused-ring (bicyclic) bond motifs is 4. The van der Waals surface area contributed by atoms with Gasteiger partial charge in [-0.1, -0.05) is 6.92 Å². The van der Waals surface area contributed by atoms with Crippen LogP contribution in [0.2, 0.25) is 0 Å². The number of halogens is 1. The van der Waals surface area contributed by atoms with Crippen molar-refractivity contribution in [3.8, 4) is 11.4 Å². The van der Waals surface area contributed by atoms with Crippen molar-refractivity contribution in [1.29, 1.82) is 0 Å². The number of carbonyl (C=O) groups excluding carboxylic acids is 2. The van der Waals surface area contributed by atoms with Gasteiger partial charge in [-0.3, -0.25) is 9.59 Å². The molecular weight excluding hydrogens is 489 g/mol. The molecule has 0 spiro atoms. The molecule has 3 aromatic rings. The maximum Gasteiger partial charge on any atom is 0.257 e. The third kappa shape index (κ3) is 3.65. The molecule has 11 heteroatoms. The summed E-state index contributed by atoms with van der Waals surface area (Å²) < 4.78 is 21.7. The Kier molecular flexibility index (Phi) is 6.41. The molecule has 2 aliphatic heterocycles. The summed E-state index contributed by atoms with van der Waals surface area (Å²) in [6, 6.07) is 2.41. The third-order valence-corrected chi connectivity index (χ3v) is 7.97. The van der Waals surface area contributed by atoms with E-state index in [2.05, 4.69) is 5.32 Å². The smallest absolute Gasteiger partial charge is 0.257 e. The van der Waals surface area contributed by atoms with Crippen molar-refractivity contribution >= 4 is 34.9 Å². The van der Waals surface area contributed by atoms with Crippen LogP contribution in [-0.4, -0.2) is 51.4 Å². The number of thioether (sulfide) groups is 1. The fourth-order valence-electron chi connectivity index (χ4n) is 5.16. The highest BCUT2D eigenvalue weighted by Crippen LogP contribution is 2.48. The normalized spacial score (nSPS) is 16.5. The Morgan fingerprint density at radius 3 is 2.86 bits per heavy atom. The average Bonchev–Trinajstić information content (AvgIpc) is 3.24. The molecule has 1 aromatic carbocycles. The molecular formula is C25H24FN3O6S. The van der Waals surface area contributed by atoms with Gasteiger partial charge in [0, 0.05) is 51.5 Å². The second-order valence-electron chi connectivity index (χ2n) is 8.72. The first-order chi connectivity index (χ1) is 17.3. The Morgan fingerprint density at radius 1 is 1.42 bits per heavy atom. The predicted molar refractivity (Wildman–Crippen MR) is 130 cm³/mol. The molecule has 3 N–H and O–H groups in total. The zero-order chi connectivity index (χ0) is 25.7. The molecule has 2 aliphatic rings. The standard InChI is InChI=1S/C25H24FN3O6S/c1-3-11-15(26)5-16-22-21(17(10-36-24(11)22)27-20(33)8-31)13-6-29-18(23(13)28-16)4-12(19(32)7-30)14(9-35-2)25(29)34/h4-5,7,17,19,31-32H,3,6,8-10H2,1-2H3,(H,27,33). The summed E-state index contributed by atoms with van der Waals surface area (Å²) in [5.74, 6) is -0.519. The van der Waals surface area contributed by atoms with E-state index in [9.17, 15) is 24.6 Å². The van der Waals surface area contributed by atoms with E-state index in [1.165, 1.54) is 29.5 Å². The van der Waals surface area contributed by atoms with Crippen molar-refractivity contribution < 1.29 is 28.9 Å². The lowest BCUT2D eigenvalue weighted by Gasteiger charge is -2.29. The summed E-state index contributed by atoms with van der Waals surface area (Å²) in [5.41, 5.74) is 3.03. The fourth-order valence-corrected chi connectivity index (χ4v) is 6.52. The number of aliphatic hydroxyl groups is 2. The fraction of sp³-hybridized carbons (Fsp3) is 0.360. The number of ether oxygens (including phenoxy) is 1. The van der Waals surface area contributed by atoms with Crippen molar-refractivity contribution in [3.05, 3.63) is 56.1 Å². The van der Waals surface area contributed by atoms with E-state index >= 15 is 4.39 Å². The van der Waals surface area contributed by atoms with Crippen molar-refractivity contribution in [2.24, 2.45) is 0 Å². The van der Waals surface area contributed by atoms with Crippen molar-refractivity contribution in [2.45, 2.75) is 43.5 Å². The van der Waals surface area contributed by atoms with Gasteiger partial charge >= 0.3 is 0 Å². The largest absolute Gasteiger partial charge is 0.387 e. The number of methoxy groups -OCH3 is 1. The lowest BCUT2D eigenvalue weighted by molar-refractivity contribution is -0.124. The number of hydrogen-bond acceptors (Lipinski definition) is 8. The second kappa shape index (κ2) is 9.40. The number of benzene rings is 1. The van der Waals surface area contributed by atoms with Gasteiger partial charge < -0.3 is 29.6 Å². The number of hydrogen-bond donors (Lipinski definition) is 3. The molecule has 4 heterocycles. The average molecular weight is 514 g/mol. The Balaban J connectivity index is 1.84. The van der Waals surface area contributed by atoms with Gasteiger partial charge in [-0.05, 0) is 18.1 Å². The number of aromatic nitrogens is 2. The van der Waals surface area contributed by atoms with Gasteiger partial charge in [0.2, 0.25) is 5.91 Å². The summed E-state index contributed by atoms with van der Waals surface area (Å²) in [4.78, 5) is 42.5. The Morgan fingerprint density at radius 2 is 2.19 bits per heavy atom. The SMILES string of the molecule is CCc1c(F)cc2nc3c(c4c2c1SCC4NC(=O)CO)Cn1c-3cc(C(O)C=O)c(COC)c1=O. The lowest BCUT2D eigenvalue weighted by atomic mass is 9.93. The second-order valence-corrected chi connectivity index (χ2v) is 9.75. The van der Waals surface area contributed by atoms with E-state index in [0.717, 1.165) is 15.8 Å². The van der Waals surface area contributed by atoms with Crippen molar-refractivity contribution in [3.63, 3.8) is 0 Å². The molecule has 0 saturated heterocycles. The first kappa shape index (κ1) is 24.6. The molecule has 9 nitrogen and oxygen atoms in total. The van der Waals surface area contributed by atoms with Crippen LogP contribution < -0.4 is 10.9 Å².